The molecule has 2 aromatic carbocycles. The van der Waals surface area contributed by atoms with Crippen LogP contribution in [0.5, 0.6) is 0 Å². The summed E-state index contributed by atoms with van der Waals surface area (Å²) in [4.78, 5) is 15.1. The zero-order valence-electron chi connectivity index (χ0n) is 11.6. The van der Waals surface area contributed by atoms with Gasteiger partial charge in [0, 0.05) is 17.1 Å². The van der Waals surface area contributed by atoms with Crippen molar-refractivity contribution in [2.45, 2.75) is 0 Å². The highest BCUT2D eigenvalue weighted by atomic mass is 35.5. The van der Waals surface area contributed by atoms with E-state index >= 15 is 0 Å². The summed E-state index contributed by atoms with van der Waals surface area (Å²) < 4.78 is 28.3. The van der Waals surface area contributed by atoms with Gasteiger partial charge in [0.25, 0.3) is 5.91 Å². The van der Waals surface area contributed by atoms with Crippen LogP contribution in [0.4, 0.5) is 14.5 Å². The molecule has 4 nitrogen and oxygen atoms in total. The minimum Gasteiger partial charge on any atom is -0.396 e. The van der Waals surface area contributed by atoms with Crippen LogP contribution >= 0.6 is 11.6 Å². The Morgan fingerprint density at radius 1 is 1.17 bits per heavy atom. The minimum absolute atomic E-state index is 0.134. The van der Waals surface area contributed by atoms with E-state index < -0.39 is 23.2 Å². The lowest BCUT2D eigenvalue weighted by molar-refractivity contribution is 0.100. The van der Waals surface area contributed by atoms with E-state index in [9.17, 15) is 13.6 Å². The van der Waals surface area contributed by atoms with Gasteiger partial charge in [-0.25, -0.2) is 8.78 Å². The van der Waals surface area contributed by atoms with Gasteiger partial charge in [-0.1, -0.05) is 35.9 Å². The molecule has 3 aromatic rings. The van der Waals surface area contributed by atoms with Gasteiger partial charge in [-0.2, -0.15) is 0 Å². The molecule has 0 bridgehead atoms. The second kappa shape index (κ2) is 5.48. The number of aromatic nitrogens is 1. The molecule has 0 saturated heterocycles. The number of nitrogens with zero attached hydrogens (tertiary/aromatic N) is 1. The maximum atomic E-state index is 14.5. The topological polar surface area (TPSA) is 82.0 Å². The quantitative estimate of drug-likeness (QED) is 0.752. The standard InChI is InChI=1S/C16H10ClF2N3O/c17-12-10(18)5-4-7-2-1-3-8(11(7)12)15-13(19)14(20)9(6-22-15)16(21)23/h1-6H,(H2,20,22)(H2,21,23). The van der Waals surface area contributed by atoms with Crippen LogP contribution in [-0.4, -0.2) is 10.9 Å². The van der Waals surface area contributed by atoms with E-state index in [2.05, 4.69) is 4.98 Å². The summed E-state index contributed by atoms with van der Waals surface area (Å²) in [5, 5.41) is 0.788. The van der Waals surface area contributed by atoms with E-state index in [1.807, 2.05) is 0 Å². The number of carbonyl (C=O) groups excluding carboxylic acids is 1. The number of rotatable bonds is 2. The second-order valence-corrected chi connectivity index (χ2v) is 5.26. The maximum absolute atomic E-state index is 14.5. The van der Waals surface area contributed by atoms with Crippen LogP contribution in [0.1, 0.15) is 10.4 Å². The van der Waals surface area contributed by atoms with Crippen LogP contribution in [0, 0.1) is 11.6 Å². The zero-order chi connectivity index (χ0) is 16.7. The van der Waals surface area contributed by atoms with Gasteiger partial charge in [0.15, 0.2) is 5.82 Å². The highest BCUT2D eigenvalue weighted by Gasteiger charge is 2.19. The van der Waals surface area contributed by atoms with E-state index in [1.165, 1.54) is 12.1 Å². The number of nitrogen functional groups attached to an aromatic ring is 1. The predicted molar refractivity (Wildman–Crippen MR) is 85.0 cm³/mol. The fraction of sp³-hybridized carbons (Fsp3) is 0. The number of benzene rings is 2. The largest absolute Gasteiger partial charge is 0.396 e. The average molecular weight is 334 g/mol. The van der Waals surface area contributed by atoms with Crippen LogP contribution in [0.15, 0.2) is 36.5 Å². The van der Waals surface area contributed by atoms with Crippen molar-refractivity contribution in [3.63, 3.8) is 0 Å². The molecule has 0 unspecified atom stereocenters. The van der Waals surface area contributed by atoms with Gasteiger partial charge in [0.2, 0.25) is 0 Å². The lowest BCUT2D eigenvalue weighted by atomic mass is 10.00. The van der Waals surface area contributed by atoms with Gasteiger partial charge in [-0.15, -0.1) is 0 Å². The molecule has 7 heteroatoms. The number of fused-ring (bicyclic) bond motifs is 1. The highest BCUT2D eigenvalue weighted by molar-refractivity contribution is 6.36. The van der Waals surface area contributed by atoms with Crippen molar-refractivity contribution in [3.8, 4) is 11.3 Å². The number of anilines is 1. The number of primary amides is 1. The number of halogens is 3. The molecular weight excluding hydrogens is 324 g/mol. The lowest BCUT2D eigenvalue weighted by Crippen LogP contribution is -2.15. The first-order valence-corrected chi connectivity index (χ1v) is 6.90. The first-order chi connectivity index (χ1) is 10.9. The molecule has 0 fully saturated rings. The number of pyridine rings is 1. The van der Waals surface area contributed by atoms with E-state index in [0.29, 0.717) is 10.8 Å². The number of amides is 1. The molecule has 116 valence electrons. The second-order valence-electron chi connectivity index (χ2n) is 4.88. The van der Waals surface area contributed by atoms with Gasteiger partial charge >= 0.3 is 0 Å². The Morgan fingerprint density at radius 3 is 2.61 bits per heavy atom. The Labute approximate surface area is 134 Å². The molecule has 0 aliphatic rings. The van der Waals surface area contributed by atoms with Crippen LogP contribution in [0.3, 0.4) is 0 Å². The Balaban J connectivity index is 2.36. The normalized spacial score (nSPS) is 10.9. The van der Waals surface area contributed by atoms with Crippen molar-refractivity contribution in [2.24, 2.45) is 5.73 Å². The Kier molecular flexibility index (Phi) is 3.61. The summed E-state index contributed by atoms with van der Waals surface area (Å²) >= 11 is 6.02. The monoisotopic (exact) mass is 333 g/mol. The summed E-state index contributed by atoms with van der Waals surface area (Å²) in [6, 6.07) is 7.67. The van der Waals surface area contributed by atoms with Crippen molar-refractivity contribution < 1.29 is 13.6 Å². The number of carbonyl (C=O) groups is 1. The van der Waals surface area contributed by atoms with Crippen LogP contribution in [-0.2, 0) is 0 Å². The van der Waals surface area contributed by atoms with Gasteiger partial charge < -0.3 is 11.5 Å². The minimum atomic E-state index is -0.908. The van der Waals surface area contributed by atoms with E-state index in [1.54, 1.807) is 18.2 Å². The number of hydrogen-bond donors (Lipinski definition) is 2. The number of hydrogen-bond acceptors (Lipinski definition) is 3. The SMILES string of the molecule is NC(=O)c1cnc(-c2cccc3ccc(F)c(Cl)c23)c(F)c1N. The summed E-state index contributed by atoms with van der Waals surface area (Å²) in [7, 11) is 0. The summed E-state index contributed by atoms with van der Waals surface area (Å²) in [6.45, 7) is 0. The van der Waals surface area contributed by atoms with Crippen molar-refractivity contribution in [1.29, 1.82) is 0 Å². The summed E-state index contributed by atoms with van der Waals surface area (Å²) in [5.74, 6) is -2.43. The van der Waals surface area contributed by atoms with E-state index in [-0.39, 0.29) is 21.8 Å². The highest BCUT2D eigenvalue weighted by Crippen LogP contribution is 2.36. The van der Waals surface area contributed by atoms with Crippen LogP contribution < -0.4 is 11.5 Å². The first-order valence-electron chi connectivity index (χ1n) is 6.52. The van der Waals surface area contributed by atoms with Crippen molar-refractivity contribution in [2.75, 3.05) is 5.73 Å². The van der Waals surface area contributed by atoms with Crippen molar-refractivity contribution >= 4 is 34.0 Å². The van der Waals surface area contributed by atoms with Crippen molar-refractivity contribution in [3.05, 3.63) is 58.7 Å². The fourth-order valence-electron chi connectivity index (χ4n) is 2.39. The van der Waals surface area contributed by atoms with Gasteiger partial charge in [0.1, 0.15) is 11.5 Å². The third-order valence-corrected chi connectivity index (χ3v) is 3.88. The molecule has 0 aliphatic carbocycles. The smallest absolute Gasteiger partial charge is 0.252 e. The zero-order valence-corrected chi connectivity index (χ0v) is 12.4. The molecule has 1 aromatic heterocycles. The average Bonchev–Trinajstić information content (AvgIpc) is 2.53. The molecule has 4 N–H and O–H groups in total. The predicted octanol–water partition coefficient (Wildman–Crippen LogP) is 3.51. The Morgan fingerprint density at radius 2 is 1.91 bits per heavy atom. The molecule has 0 saturated carbocycles. The molecule has 1 amide bonds. The molecule has 0 radical (unpaired) electrons. The summed E-state index contributed by atoms with van der Waals surface area (Å²) in [5.41, 5.74) is 10.2. The van der Waals surface area contributed by atoms with Gasteiger partial charge in [-0.3, -0.25) is 9.78 Å². The fourth-order valence-corrected chi connectivity index (χ4v) is 2.67. The van der Waals surface area contributed by atoms with Crippen LogP contribution in [0.25, 0.3) is 22.0 Å². The first kappa shape index (κ1) is 15.2. The number of nitrogens with two attached hydrogens (primary N) is 2. The molecule has 0 spiro atoms. The molecule has 1 heterocycles. The summed E-state index contributed by atoms with van der Waals surface area (Å²) in [6.07, 6.45) is 1.09. The molecular formula is C16H10ClF2N3O. The Bertz CT molecular complexity index is 960. The Hall–Kier alpha value is -2.73. The molecule has 23 heavy (non-hydrogen) atoms. The van der Waals surface area contributed by atoms with E-state index in [4.69, 9.17) is 23.1 Å². The van der Waals surface area contributed by atoms with Crippen molar-refractivity contribution in [1.82, 2.24) is 4.98 Å². The molecule has 0 aliphatic heterocycles. The third kappa shape index (κ3) is 2.37. The lowest BCUT2D eigenvalue weighted by Gasteiger charge is -2.11. The molecule has 0 atom stereocenters. The van der Waals surface area contributed by atoms with Gasteiger partial charge in [0.05, 0.1) is 16.3 Å². The van der Waals surface area contributed by atoms with Crippen LogP contribution in [0.2, 0.25) is 5.02 Å². The molecule has 3 rings (SSSR count). The maximum Gasteiger partial charge on any atom is 0.252 e. The third-order valence-electron chi connectivity index (χ3n) is 3.51. The van der Waals surface area contributed by atoms with E-state index in [0.717, 1.165) is 6.20 Å². The van der Waals surface area contributed by atoms with Gasteiger partial charge in [-0.05, 0) is 11.5 Å².